The number of hydrogen-bond donors (Lipinski definition) is 1. The van der Waals surface area contributed by atoms with Gasteiger partial charge in [-0.25, -0.2) is 4.39 Å². The third-order valence-electron chi connectivity index (χ3n) is 4.18. The molecule has 4 heteroatoms. The van der Waals surface area contributed by atoms with E-state index < -0.39 is 6.17 Å². The van der Waals surface area contributed by atoms with E-state index in [2.05, 4.69) is 0 Å². The fourth-order valence-corrected chi connectivity index (χ4v) is 2.73. The Morgan fingerprint density at radius 2 is 1.74 bits per heavy atom. The molecule has 0 spiro atoms. The van der Waals surface area contributed by atoms with Crippen LogP contribution in [0.5, 0.6) is 11.5 Å². The molecule has 0 radical (unpaired) electrons. The molecule has 0 saturated heterocycles. The van der Waals surface area contributed by atoms with Gasteiger partial charge >= 0.3 is 0 Å². The van der Waals surface area contributed by atoms with E-state index in [1.165, 1.54) is 6.92 Å². The quantitative estimate of drug-likeness (QED) is 0.891. The third-order valence-corrected chi connectivity index (χ3v) is 4.18. The molecule has 1 saturated carbocycles. The van der Waals surface area contributed by atoms with Crippen LogP contribution in [0.25, 0.3) is 0 Å². The van der Waals surface area contributed by atoms with E-state index in [1.54, 1.807) is 20.3 Å². The van der Waals surface area contributed by atoms with E-state index in [9.17, 15) is 4.39 Å². The van der Waals surface area contributed by atoms with Gasteiger partial charge < -0.3 is 15.2 Å². The van der Waals surface area contributed by atoms with Gasteiger partial charge in [0.2, 0.25) is 0 Å². The maximum atomic E-state index is 13.6. The first-order valence-electron chi connectivity index (χ1n) is 6.62. The molecule has 2 N–H and O–H groups in total. The first-order chi connectivity index (χ1) is 8.96. The number of ether oxygens (including phenoxy) is 2. The third kappa shape index (κ3) is 2.29. The van der Waals surface area contributed by atoms with Gasteiger partial charge in [-0.05, 0) is 38.8 Å². The van der Waals surface area contributed by atoms with Crippen LogP contribution in [0.15, 0.2) is 12.1 Å². The zero-order valence-electron chi connectivity index (χ0n) is 12.0. The zero-order chi connectivity index (χ0) is 14.2. The van der Waals surface area contributed by atoms with Gasteiger partial charge in [-0.2, -0.15) is 0 Å². The first kappa shape index (κ1) is 14.1. The summed E-state index contributed by atoms with van der Waals surface area (Å²) < 4.78 is 24.4. The lowest BCUT2D eigenvalue weighted by atomic mass is 9.87. The summed E-state index contributed by atoms with van der Waals surface area (Å²) in [5, 5.41) is 0. The topological polar surface area (TPSA) is 44.5 Å². The summed E-state index contributed by atoms with van der Waals surface area (Å²) >= 11 is 0. The summed E-state index contributed by atoms with van der Waals surface area (Å²) in [6.07, 6.45) is 0.979. The summed E-state index contributed by atoms with van der Waals surface area (Å²) in [5.41, 5.74) is 7.61. The Morgan fingerprint density at radius 1 is 1.16 bits per heavy atom. The predicted octanol–water partition coefficient (Wildman–Crippen LogP) is 3.11. The second-order valence-corrected chi connectivity index (χ2v) is 5.36. The van der Waals surface area contributed by atoms with Crippen LogP contribution in [0.4, 0.5) is 4.39 Å². The van der Waals surface area contributed by atoms with Gasteiger partial charge in [0.15, 0.2) is 0 Å². The highest BCUT2D eigenvalue weighted by Crippen LogP contribution is 2.54. The van der Waals surface area contributed by atoms with Crippen LogP contribution in [0.1, 0.15) is 44.0 Å². The smallest absolute Gasteiger partial charge is 0.126 e. The van der Waals surface area contributed by atoms with Crippen molar-refractivity contribution in [3.05, 3.63) is 23.3 Å². The molecule has 1 aliphatic carbocycles. The average molecular weight is 267 g/mol. The van der Waals surface area contributed by atoms with Gasteiger partial charge in [0.25, 0.3) is 0 Å². The van der Waals surface area contributed by atoms with Crippen LogP contribution < -0.4 is 15.2 Å². The molecule has 106 valence electrons. The molecule has 1 aromatic rings. The molecule has 2 atom stereocenters. The Hall–Kier alpha value is -1.29. The van der Waals surface area contributed by atoms with Gasteiger partial charge in [0, 0.05) is 22.6 Å². The number of benzene rings is 1. The Bertz CT molecular complexity index is 467. The van der Waals surface area contributed by atoms with E-state index in [0.29, 0.717) is 17.1 Å². The van der Waals surface area contributed by atoms with Gasteiger partial charge in [-0.15, -0.1) is 0 Å². The van der Waals surface area contributed by atoms with Gasteiger partial charge in [0.05, 0.1) is 14.2 Å². The molecule has 0 heterocycles. The largest absolute Gasteiger partial charge is 0.496 e. The minimum absolute atomic E-state index is 0.0414. The van der Waals surface area contributed by atoms with Crippen molar-refractivity contribution >= 4 is 0 Å². The summed E-state index contributed by atoms with van der Waals surface area (Å²) in [7, 11) is 3.16. The van der Waals surface area contributed by atoms with E-state index in [-0.39, 0.29) is 11.5 Å². The number of nitrogens with two attached hydrogens (primary N) is 1. The SMILES string of the molecule is COc1cc(C2(C(C)N)CC2)c(OC)cc1C(C)F. The molecule has 1 aromatic carbocycles. The minimum Gasteiger partial charge on any atom is -0.496 e. The normalized spacial score (nSPS) is 19.7. The number of rotatable bonds is 5. The summed E-state index contributed by atoms with van der Waals surface area (Å²) in [5.74, 6) is 1.27. The van der Waals surface area contributed by atoms with Gasteiger partial charge in [0.1, 0.15) is 17.7 Å². The molecule has 0 aliphatic heterocycles. The van der Waals surface area contributed by atoms with Crippen LogP contribution in [0.3, 0.4) is 0 Å². The maximum Gasteiger partial charge on any atom is 0.126 e. The second kappa shape index (κ2) is 5.00. The van der Waals surface area contributed by atoms with E-state index in [4.69, 9.17) is 15.2 Å². The van der Waals surface area contributed by atoms with E-state index in [0.717, 1.165) is 18.4 Å². The van der Waals surface area contributed by atoms with Crippen molar-refractivity contribution in [2.45, 2.75) is 44.3 Å². The molecule has 0 aromatic heterocycles. The second-order valence-electron chi connectivity index (χ2n) is 5.36. The molecular formula is C15H22FNO2. The summed E-state index contributed by atoms with van der Waals surface area (Å²) in [6, 6.07) is 3.67. The molecule has 3 nitrogen and oxygen atoms in total. The van der Waals surface area contributed by atoms with Gasteiger partial charge in [-0.1, -0.05) is 0 Å². The molecule has 2 unspecified atom stereocenters. The Morgan fingerprint density at radius 3 is 2.11 bits per heavy atom. The Kier molecular flexibility index (Phi) is 3.72. The molecule has 1 aliphatic rings. The number of methoxy groups -OCH3 is 2. The fourth-order valence-electron chi connectivity index (χ4n) is 2.73. The zero-order valence-corrected chi connectivity index (χ0v) is 12.0. The minimum atomic E-state index is -1.09. The van der Waals surface area contributed by atoms with E-state index >= 15 is 0 Å². The van der Waals surface area contributed by atoms with Crippen LogP contribution in [-0.2, 0) is 5.41 Å². The fraction of sp³-hybridized carbons (Fsp3) is 0.600. The lowest BCUT2D eigenvalue weighted by Crippen LogP contribution is -2.32. The van der Waals surface area contributed by atoms with Crippen molar-refractivity contribution < 1.29 is 13.9 Å². The lowest BCUT2D eigenvalue weighted by Gasteiger charge is -2.24. The highest BCUT2D eigenvalue weighted by atomic mass is 19.1. The standard InChI is InChI=1S/C15H22FNO2/c1-9(16)11-7-14(19-4)12(8-13(11)18-3)15(5-6-15)10(2)17/h7-10H,5-6,17H2,1-4H3. The first-order valence-corrected chi connectivity index (χ1v) is 6.62. The molecule has 1 fully saturated rings. The van der Waals surface area contributed by atoms with Crippen molar-refractivity contribution in [1.29, 1.82) is 0 Å². The maximum absolute atomic E-state index is 13.6. The van der Waals surface area contributed by atoms with Crippen LogP contribution >= 0.6 is 0 Å². The van der Waals surface area contributed by atoms with E-state index in [1.807, 2.05) is 13.0 Å². The molecule has 0 amide bonds. The summed E-state index contributed by atoms with van der Waals surface area (Å²) in [4.78, 5) is 0. The van der Waals surface area contributed by atoms with Gasteiger partial charge in [-0.3, -0.25) is 0 Å². The van der Waals surface area contributed by atoms with Crippen molar-refractivity contribution in [2.75, 3.05) is 14.2 Å². The van der Waals surface area contributed by atoms with Crippen molar-refractivity contribution in [2.24, 2.45) is 5.73 Å². The van der Waals surface area contributed by atoms with Crippen molar-refractivity contribution in [3.63, 3.8) is 0 Å². The van der Waals surface area contributed by atoms with Crippen LogP contribution in [0, 0.1) is 0 Å². The molecule has 0 bridgehead atoms. The molecule has 2 rings (SSSR count). The van der Waals surface area contributed by atoms with Crippen molar-refractivity contribution in [3.8, 4) is 11.5 Å². The summed E-state index contributed by atoms with van der Waals surface area (Å²) in [6.45, 7) is 3.50. The lowest BCUT2D eigenvalue weighted by molar-refractivity contribution is 0.339. The Balaban J connectivity index is 2.55. The highest BCUT2D eigenvalue weighted by molar-refractivity contribution is 5.53. The Labute approximate surface area is 113 Å². The van der Waals surface area contributed by atoms with Crippen molar-refractivity contribution in [1.82, 2.24) is 0 Å². The number of halogens is 1. The molecule has 19 heavy (non-hydrogen) atoms. The predicted molar refractivity (Wildman–Crippen MR) is 73.6 cm³/mol. The number of hydrogen-bond acceptors (Lipinski definition) is 3. The monoisotopic (exact) mass is 267 g/mol. The van der Waals surface area contributed by atoms with Crippen LogP contribution in [-0.4, -0.2) is 20.3 Å². The van der Waals surface area contributed by atoms with Crippen LogP contribution in [0.2, 0.25) is 0 Å². The average Bonchev–Trinajstić information content (AvgIpc) is 3.18. The molecular weight excluding hydrogens is 245 g/mol. The number of alkyl halides is 1. The highest BCUT2D eigenvalue weighted by Gasteiger charge is 2.49.